The lowest BCUT2D eigenvalue weighted by molar-refractivity contribution is -0.147. The molecule has 0 bridgehead atoms. The summed E-state index contributed by atoms with van der Waals surface area (Å²) < 4.78 is 4.99. The summed E-state index contributed by atoms with van der Waals surface area (Å²) in [6.45, 7) is 6.45. The van der Waals surface area contributed by atoms with Gasteiger partial charge in [-0.3, -0.25) is 4.79 Å². The van der Waals surface area contributed by atoms with E-state index < -0.39 is 17.4 Å². The number of likely N-dealkylation sites (N-methyl/N-ethyl adjacent to an activating group) is 1. The van der Waals surface area contributed by atoms with Crippen molar-refractivity contribution in [3.05, 3.63) is 17.0 Å². The van der Waals surface area contributed by atoms with Crippen LogP contribution < -0.4 is 0 Å². The Morgan fingerprint density at radius 3 is 2.44 bits per heavy atom. The number of carboxylic acid groups (broad SMARTS) is 1. The smallest absolute Gasteiger partial charge is 0.329 e. The molecule has 0 aliphatic carbocycles. The van der Waals surface area contributed by atoms with E-state index >= 15 is 0 Å². The predicted octanol–water partition coefficient (Wildman–Crippen LogP) is 1.48. The van der Waals surface area contributed by atoms with Crippen LogP contribution in [0.1, 0.15) is 42.6 Å². The van der Waals surface area contributed by atoms with Gasteiger partial charge in [-0.05, 0) is 27.2 Å². The van der Waals surface area contributed by atoms with E-state index in [4.69, 9.17) is 9.63 Å². The second-order valence-corrected chi connectivity index (χ2v) is 4.64. The number of amides is 1. The normalized spacial score (nSPS) is 11.4. The fourth-order valence-corrected chi connectivity index (χ4v) is 1.50. The lowest BCUT2D eigenvalue weighted by atomic mass is 10.0. The van der Waals surface area contributed by atoms with Crippen LogP contribution in [0.15, 0.2) is 4.52 Å². The van der Waals surface area contributed by atoms with Gasteiger partial charge in [-0.25, -0.2) is 4.79 Å². The fraction of sp³-hybridized carbons (Fsp3) is 0.583. The van der Waals surface area contributed by atoms with Crippen molar-refractivity contribution in [2.75, 3.05) is 7.05 Å². The zero-order chi connectivity index (χ0) is 14.1. The number of carboxylic acids is 1. The zero-order valence-corrected chi connectivity index (χ0v) is 11.3. The summed E-state index contributed by atoms with van der Waals surface area (Å²) in [6, 6.07) is 0. The van der Waals surface area contributed by atoms with Crippen molar-refractivity contribution >= 4 is 11.9 Å². The maximum absolute atomic E-state index is 12.3. The van der Waals surface area contributed by atoms with Gasteiger partial charge in [-0.15, -0.1) is 0 Å². The summed E-state index contributed by atoms with van der Waals surface area (Å²) in [6.07, 6.45) is 0.555. The van der Waals surface area contributed by atoms with Crippen molar-refractivity contribution in [3.8, 4) is 0 Å². The maximum atomic E-state index is 12.3. The molecule has 1 N–H and O–H groups in total. The Hall–Kier alpha value is -1.85. The largest absolute Gasteiger partial charge is 0.480 e. The van der Waals surface area contributed by atoms with E-state index in [0.29, 0.717) is 23.4 Å². The SMILES string of the molecule is CCc1noc(C)c1C(=O)N(C)C(C)(C)C(=O)O. The Kier molecular flexibility index (Phi) is 3.79. The average molecular weight is 254 g/mol. The number of aryl methyl sites for hydroxylation is 2. The maximum Gasteiger partial charge on any atom is 0.329 e. The van der Waals surface area contributed by atoms with Crippen molar-refractivity contribution < 1.29 is 19.2 Å². The fourth-order valence-electron chi connectivity index (χ4n) is 1.50. The van der Waals surface area contributed by atoms with Gasteiger partial charge in [0.05, 0.1) is 5.69 Å². The molecule has 0 unspecified atom stereocenters. The molecule has 18 heavy (non-hydrogen) atoms. The summed E-state index contributed by atoms with van der Waals surface area (Å²) in [4.78, 5) is 24.7. The molecule has 0 aromatic carbocycles. The monoisotopic (exact) mass is 254 g/mol. The van der Waals surface area contributed by atoms with Crippen molar-refractivity contribution in [3.63, 3.8) is 0 Å². The quantitative estimate of drug-likeness (QED) is 0.879. The minimum absolute atomic E-state index is 0.356. The van der Waals surface area contributed by atoms with E-state index in [1.807, 2.05) is 6.92 Å². The van der Waals surface area contributed by atoms with Crippen LogP contribution in [0.2, 0.25) is 0 Å². The molecule has 0 spiro atoms. The molecule has 1 heterocycles. The number of aliphatic carboxylic acids is 1. The first-order chi connectivity index (χ1) is 8.23. The van der Waals surface area contributed by atoms with E-state index in [2.05, 4.69) is 5.16 Å². The Balaban J connectivity index is 3.15. The third-order valence-electron chi connectivity index (χ3n) is 3.15. The van der Waals surface area contributed by atoms with Crippen LogP contribution in [0.4, 0.5) is 0 Å². The topological polar surface area (TPSA) is 83.6 Å². The van der Waals surface area contributed by atoms with Crippen molar-refractivity contribution in [2.24, 2.45) is 0 Å². The first-order valence-corrected chi connectivity index (χ1v) is 5.70. The molecule has 0 atom stereocenters. The van der Waals surface area contributed by atoms with Crippen LogP contribution in [0.5, 0.6) is 0 Å². The first-order valence-electron chi connectivity index (χ1n) is 5.70. The lowest BCUT2D eigenvalue weighted by Gasteiger charge is -2.31. The lowest BCUT2D eigenvalue weighted by Crippen LogP contribution is -2.51. The van der Waals surface area contributed by atoms with Gasteiger partial charge in [-0.2, -0.15) is 0 Å². The Bertz CT molecular complexity index is 476. The van der Waals surface area contributed by atoms with Crippen molar-refractivity contribution in [1.29, 1.82) is 0 Å². The van der Waals surface area contributed by atoms with Crippen LogP contribution in [0, 0.1) is 6.92 Å². The van der Waals surface area contributed by atoms with Gasteiger partial charge >= 0.3 is 5.97 Å². The predicted molar refractivity (Wildman–Crippen MR) is 64.4 cm³/mol. The van der Waals surface area contributed by atoms with Crippen LogP contribution in [-0.4, -0.2) is 39.6 Å². The van der Waals surface area contributed by atoms with Crippen LogP contribution >= 0.6 is 0 Å². The third-order valence-corrected chi connectivity index (χ3v) is 3.15. The summed E-state index contributed by atoms with van der Waals surface area (Å²) >= 11 is 0. The van der Waals surface area contributed by atoms with Crippen molar-refractivity contribution in [2.45, 2.75) is 39.7 Å². The molecular weight excluding hydrogens is 236 g/mol. The molecule has 1 amide bonds. The number of carbonyl (C=O) groups is 2. The Morgan fingerprint density at radius 1 is 1.44 bits per heavy atom. The van der Waals surface area contributed by atoms with Crippen LogP contribution in [-0.2, 0) is 11.2 Å². The molecule has 0 saturated heterocycles. The molecule has 6 heteroatoms. The molecule has 0 fully saturated rings. The third kappa shape index (κ3) is 2.23. The van der Waals surface area contributed by atoms with Crippen LogP contribution in [0.25, 0.3) is 0 Å². The van der Waals surface area contributed by atoms with E-state index in [0.717, 1.165) is 0 Å². The highest BCUT2D eigenvalue weighted by Crippen LogP contribution is 2.21. The summed E-state index contributed by atoms with van der Waals surface area (Å²) in [7, 11) is 1.46. The van der Waals surface area contributed by atoms with Gasteiger partial charge in [-0.1, -0.05) is 12.1 Å². The number of hydrogen-bond donors (Lipinski definition) is 1. The summed E-state index contributed by atoms with van der Waals surface area (Å²) in [5, 5.41) is 12.9. The van der Waals surface area contributed by atoms with Gasteiger partial charge in [0.2, 0.25) is 0 Å². The molecule has 0 aliphatic rings. The van der Waals surface area contributed by atoms with Gasteiger partial charge in [0.15, 0.2) is 0 Å². The number of rotatable bonds is 4. The van der Waals surface area contributed by atoms with Gasteiger partial charge in [0.1, 0.15) is 16.9 Å². The molecule has 6 nitrogen and oxygen atoms in total. The molecule has 0 aliphatic heterocycles. The first kappa shape index (κ1) is 14.2. The number of hydrogen-bond acceptors (Lipinski definition) is 4. The molecule has 1 aromatic heterocycles. The molecule has 1 rings (SSSR count). The van der Waals surface area contributed by atoms with Crippen LogP contribution in [0.3, 0.4) is 0 Å². The molecule has 1 aromatic rings. The average Bonchev–Trinajstić information content (AvgIpc) is 2.68. The van der Waals surface area contributed by atoms with E-state index in [1.165, 1.54) is 25.8 Å². The Morgan fingerprint density at radius 2 is 2.00 bits per heavy atom. The van der Waals surface area contributed by atoms with E-state index in [-0.39, 0.29) is 0 Å². The summed E-state index contributed by atoms with van der Waals surface area (Å²) in [5.74, 6) is -1.05. The molecule has 100 valence electrons. The van der Waals surface area contributed by atoms with E-state index in [1.54, 1.807) is 6.92 Å². The highest BCUT2D eigenvalue weighted by Gasteiger charge is 2.37. The highest BCUT2D eigenvalue weighted by atomic mass is 16.5. The minimum atomic E-state index is -1.29. The molecule has 0 saturated carbocycles. The number of aromatic nitrogens is 1. The van der Waals surface area contributed by atoms with Gasteiger partial charge in [0.25, 0.3) is 5.91 Å². The van der Waals surface area contributed by atoms with Gasteiger partial charge < -0.3 is 14.5 Å². The standard InChI is InChI=1S/C12H18N2O4/c1-6-8-9(7(2)18-13-8)10(15)14(5)12(3,4)11(16)17/h6H2,1-5H3,(H,16,17). The minimum Gasteiger partial charge on any atom is -0.480 e. The second-order valence-electron chi connectivity index (χ2n) is 4.64. The molecule has 0 radical (unpaired) electrons. The zero-order valence-electron chi connectivity index (χ0n) is 11.3. The summed E-state index contributed by atoms with van der Waals surface area (Å²) in [5.41, 5.74) is -0.383. The Labute approximate surface area is 106 Å². The number of carbonyl (C=O) groups excluding carboxylic acids is 1. The van der Waals surface area contributed by atoms with Crippen molar-refractivity contribution in [1.82, 2.24) is 10.1 Å². The van der Waals surface area contributed by atoms with E-state index in [9.17, 15) is 9.59 Å². The molecular formula is C12H18N2O4. The highest BCUT2D eigenvalue weighted by molar-refractivity contribution is 5.99. The van der Waals surface area contributed by atoms with Gasteiger partial charge in [0, 0.05) is 7.05 Å². The number of nitrogens with zero attached hydrogens (tertiary/aromatic N) is 2. The second kappa shape index (κ2) is 4.80.